The van der Waals surface area contributed by atoms with E-state index in [0.717, 1.165) is 10.7 Å². The molecule has 0 atom stereocenters. The van der Waals surface area contributed by atoms with Crippen molar-refractivity contribution in [2.45, 2.75) is 13.8 Å². The highest BCUT2D eigenvalue weighted by molar-refractivity contribution is 7.15. The van der Waals surface area contributed by atoms with Crippen LogP contribution in [0.3, 0.4) is 0 Å². The van der Waals surface area contributed by atoms with Crippen LogP contribution in [0.25, 0.3) is 6.08 Å². The van der Waals surface area contributed by atoms with Crippen LogP contribution in [0, 0.1) is 6.92 Å². The van der Waals surface area contributed by atoms with Crippen molar-refractivity contribution in [3.63, 3.8) is 0 Å². The molecule has 0 aliphatic carbocycles. The van der Waals surface area contributed by atoms with Gasteiger partial charge in [0.05, 0.1) is 11.4 Å². The van der Waals surface area contributed by atoms with E-state index in [4.69, 9.17) is 0 Å². The molecule has 0 radical (unpaired) electrons. The Morgan fingerprint density at radius 1 is 1.19 bits per heavy atom. The van der Waals surface area contributed by atoms with Gasteiger partial charge in [-0.25, -0.2) is 4.98 Å². The third-order valence-electron chi connectivity index (χ3n) is 3.19. The molecule has 9 heteroatoms. The molecule has 0 aliphatic rings. The van der Waals surface area contributed by atoms with Crippen LogP contribution in [0.4, 0.5) is 16.0 Å². The van der Waals surface area contributed by atoms with Gasteiger partial charge in [-0.1, -0.05) is 29.5 Å². The molecule has 0 unspecified atom stereocenters. The van der Waals surface area contributed by atoms with Gasteiger partial charge in [0.15, 0.2) is 5.13 Å². The van der Waals surface area contributed by atoms with Crippen LogP contribution in [0.15, 0.2) is 41.8 Å². The Bertz CT molecular complexity index is 949. The molecule has 2 amide bonds. The van der Waals surface area contributed by atoms with Crippen molar-refractivity contribution < 1.29 is 9.59 Å². The Kier molecular flexibility index (Phi) is 5.49. The van der Waals surface area contributed by atoms with E-state index in [-0.39, 0.29) is 11.8 Å². The lowest BCUT2D eigenvalue weighted by Crippen LogP contribution is -2.22. The average molecular weight is 385 g/mol. The molecule has 3 aromatic rings. The number of rotatable bonds is 5. The smallest absolute Gasteiger partial charge is 0.250 e. The molecule has 0 saturated heterocycles. The summed E-state index contributed by atoms with van der Waals surface area (Å²) < 4.78 is 0. The number of para-hydroxylation sites is 1. The first-order valence-corrected chi connectivity index (χ1v) is 9.33. The first kappa shape index (κ1) is 17.9. The Morgan fingerprint density at radius 2 is 1.96 bits per heavy atom. The van der Waals surface area contributed by atoms with Crippen molar-refractivity contribution in [2.75, 3.05) is 10.2 Å². The monoisotopic (exact) mass is 385 g/mol. The number of thiazole rings is 1. The van der Waals surface area contributed by atoms with Crippen molar-refractivity contribution in [3.05, 3.63) is 52.5 Å². The van der Waals surface area contributed by atoms with Gasteiger partial charge in [-0.15, -0.1) is 21.5 Å². The molecule has 3 rings (SSSR count). The molecule has 0 spiro atoms. The first-order valence-electron chi connectivity index (χ1n) is 7.63. The maximum atomic E-state index is 12.0. The summed E-state index contributed by atoms with van der Waals surface area (Å²) in [5.74, 6) is -0.451. The summed E-state index contributed by atoms with van der Waals surface area (Å²) in [5, 5.41) is 13.9. The maximum absolute atomic E-state index is 12.0. The van der Waals surface area contributed by atoms with Crippen LogP contribution in [-0.4, -0.2) is 27.0 Å². The molecule has 0 saturated carbocycles. The minimum Gasteiger partial charge on any atom is -0.297 e. The van der Waals surface area contributed by atoms with Crippen LogP contribution in [-0.2, 0) is 9.59 Å². The zero-order chi connectivity index (χ0) is 18.5. The van der Waals surface area contributed by atoms with E-state index in [2.05, 4.69) is 20.5 Å². The highest BCUT2D eigenvalue weighted by atomic mass is 32.1. The summed E-state index contributed by atoms with van der Waals surface area (Å²) in [5.41, 5.74) is 1.34. The second kappa shape index (κ2) is 7.98. The topological polar surface area (TPSA) is 88.1 Å². The second-order valence-corrected chi connectivity index (χ2v) is 7.21. The van der Waals surface area contributed by atoms with Crippen LogP contribution in [0.1, 0.15) is 17.6 Å². The van der Waals surface area contributed by atoms with Crippen molar-refractivity contribution in [1.82, 2.24) is 15.2 Å². The standard InChI is InChI=1S/C17H15N5O2S2/c1-11-20-21-16(26-11)19-15(24)9-8-13-10-25-17(18-13)22(12(2)23)14-6-4-3-5-7-14/h3-10H,1-2H3,(H,19,21,24)/b9-8+. The normalized spacial score (nSPS) is 10.8. The van der Waals surface area contributed by atoms with Gasteiger partial charge in [-0.05, 0) is 25.1 Å². The van der Waals surface area contributed by atoms with Crippen LogP contribution < -0.4 is 10.2 Å². The van der Waals surface area contributed by atoms with E-state index in [1.54, 1.807) is 11.5 Å². The molecule has 0 fully saturated rings. The lowest BCUT2D eigenvalue weighted by molar-refractivity contribution is -0.116. The van der Waals surface area contributed by atoms with E-state index >= 15 is 0 Å². The molecule has 2 aromatic heterocycles. The van der Waals surface area contributed by atoms with E-state index in [0.29, 0.717) is 16.0 Å². The van der Waals surface area contributed by atoms with Gasteiger partial charge >= 0.3 is 0 Å². The van der Waals surface area contributed by atoms with E-state index < -0.39 is 0 Å². The van der Waals surface area contributed by atoms with Crippen LogP contribution in [0.2, 0.25) is 0 Å². The fourth-order valence-electron chi connectivity index (χ4n) is 2.11. The Hall–Kier alpha value is -2.91. The molecule has 7 nitrogen and oxygen atoms in total. The Morgan fingerprint density at radius 3 is 2.62 bits per heavy atom. The number of aryl methyl sites for hydroxylation is 1. The van der Waals surface area contributed by atoms with Gasteiger partial charge in [0.2, 0.25) is 16.9 Å². The van der Waals surface area contributed by atoms with Gasteiger partial charge in [0.25, 0.3) is 0 Å². The number of aromatic nitrogens is 3. The Labute approximate surface area is 158 Å². The molecular formula is C17H15N5O2S2. The minimum absolute atomic E-state index is 0.134. The molecule has 2 heterocycles. The third-order valence-corrected chi connectivity index (χ3v) is 4.79. The lowest BCUT2D eigenvalue weighted by atomic mass is 10.3. The molecule has 26 heavy (non-hydrogen) atoms. The summed E-state index contributed by atoms with van der Waals surface area (Å²) in [6.07, 6.45) is 2.96. The summed E-state index contributed by atoms with van der Waals surface area (Å²) in [6, 6.07) is 9.29. The van der Waals surface area contributed by atoms with Gasteiger partial charge in [0, 0.05) is 18.4 Å². The molecule has 1 N–H and O–H groups in total. The number of hydrogen-bond donors (Lipinski definition) is 1. The number of anilines is 3. The highest BCUT2D eigenvalue weighted by Gasteiger charge is 2.17. The zero-order valence-electron chi connectivity index (χ0n) is 14.0. The molecule has 0 bridgehead atoms. The van der Waals surface area contributed by atoms with E-state index in [1.807, 2.05) is 37.3 Å². The zero-order valence-corrected chi connectivity index (χ0v) is 15.7. The first-order chi connectivity index (χ1) is 12.5. The van der Waals surface area contributed by atoms with Crippen molar-refractivity contribution in [3.8, 4) is 0 Å². The molecular weight excluding hydrogens is 370 g/mol. The van der Waals surface area contributed by atoms with Crippen LogP contribution in [0.5, 0.6) is 0 Å². The van der Waals surface area contributed by atoms with Crippen molar-refractivity contribution in [2.24, 2.45) is 0 Å². The maximum Gasteiger partial charge on any atom is 0.250 e. The molecule has 1 aromatic carbocycles. The number of nitrogens with zero attached hydrogens (tertiary/aromatic N) is 4. The molecule has 0 aliphatic heterocycles. The number of nitrogens with one attached hydrogen (secondary N) is 1. The second-order valence-electron chi connectivity index (χ2n) is 5.19. The summed E-state index contributed by atoms with van der Waals surface area (Å²) in [6.45, 7) is 3.30. The molecule has 132 valence electrons. The number of amides is 2. The number of carbonyl (C=O) groups excluding carboxylic acids is 2. The van der Waals surface area contributed by atoms with Gasteiger partial charge in [-0.3, -0.25) is 19.8 Å². The predicted molar refractivity (Wildman–Crippen MR) is 104 cm³/mol. The summed E-state index contributed by atoms with van der Waals surface area (Å²) in [7, 11) is 0. The van der Waals surface area contributed by atoms with Gasteiger partial charge in [0.1, 0.15) is 5.01 Å². The number of benzene rings is 1. The fraction of sp³-hybridized carbons (Fsp3) is 0.118. The van der Waals surface area contributed by atoms with Crippen LogP contribution >= 0.6 is 22.7 Å². The van der Waals surface area contributed by atoms with Gasteiger partial charge < -0.3 is 0 Å². The lowest BCUT2D eigenvalue weighted by Gasteiger charge is -2.17. The third kappa shape index (κ3) is 4.38. The van der Waals surface area contributed by atoms with Gasteiger partial charge in [-0.2, -0.15) is 0 Å². The largest absolute Gasteiger partial charge is 0.297 e. The van der Waals surface area contributed by atoms with Crippen molar-refractivity contribution in [1.29, 1.82) is 0 Å². The summed E-state index contributed by atoms with van der Waals surface area (Å²) in [4.78, 5) is 29.9. The summed E-state index contributed by atoms with van der Waals surface area (Å²) >= 11 is 2.63. The predicted octanol–water partition coefficient (Wildman–Crippen LogP) is 3.64. The fourth-order valence-corrected chi connectivity index (χ4v) is 3.56. The number of carbonyl (C=O) groups is 2. The van der Waals surface area contributed by atoms with Crippen molar-refractivity contribution >= 4 is 56.5 Å². The van der Waals surface area contributed by atoms with E-state index in [1.165, 1.54) is 40.6 Å². The SMILES string of the molecule is CC(=O)N(c1ccccc1)c1nc(/C=C/C(=O)Nc2nnc(C)s2)cs1. The number of hydrogen-bond acceptors (Lipinski definition) is 7. The average Bonchev–Trinajstić information content (AvgIpc) is 3.23. The minimum atomic E-state index is -0.317. The highest BCUT2D eigenvalue weighted by Crippen LogP contribution is 2.29. The van der Waals surface area contributed by atoms with E-state index in [9.17, 15) is 9.59 Å². The Balaban J connectivity index is 1.72. The quantitative estimate of drug-likeness (QED) is 0.678.